The molecule has 1 aliphatic rings. The number of likely N-dealkylation sites (N-methyl/N-ethyl adjacent to an activating group) is 1. The van der Waals surface area contributed by atoms with Crippen molar-refractivity contribution in [2.75, 3.05) is 19.8 Å². The van der Waals surface area contributed by atoms with Crippen molar-refractivity contribution in [1.29, 1.82) is 0 Å². The highest BCUT2D eigenvalue weighted by atomic mass is 32.2. The molecule has 2 aromatic carbocycles. The van der Waals surface area contributed by atoms with Gasteiger partial charge >= 0.3 is 0 Å². The van der Waals surface area contributed by atoms with Crippen LogP contribution in [0.1, 0.15) is 37.7 Å². The first kappa shape index (κ1) is 19.8. The summed E-state index contributed by atoms with van der Waals surface area (Å²) < 4.78 is 31.6. The first-order chi connectivity index (χ1) is 11.2. The fourth-order valence-electron chi connectivity index (χ4n) is 4.12. The monoisotopic (exact) mass is 366 g/mol. The summed E-state index contributed by atoms with van der Waals surface area (Å²) in [7, 11) is 0.638. The molecule has 0 saturated carbocycles. The Bertz CT molecular complexity index is 861. The highest BCUT2D eigenvalue weighted by Gasteiger charge is 2.45. The van der Waals surface area contributed by atoms with E-state index >= 15 is 0 Å². The average molecular weight is 367 g/mol. The second-order valence-electron chi connectivity index (χ2n) is 7.39. The van der Waals surface area contributed by atoms with Crippen LogP contribution >= 0.6 is 0 Å². The zero-order valence-electron chi connectivity index (χ0n) is 15.1. The number of rotatable bonds is 5. The van der Waals surface area contributed by atoms with Crippen LogP contribution in [0.3, 0.4) is 0 Å². The van der Waals surface area contributed by atoms with Gasteiger partial charge in [0.15, 0.2) is 0 Å². The van der Waals surface area contributed by atoms with E-state index in [0.29, 0.717) is 18.4 Å². The van der Waals surface area contributed by atoms with E-state index in [9.17, 15) is 8.42 Å². The molecule has 138 valence electrons. The summed E-state index contributed by atoms with van der Waals surface area (Å²) in [5.74, 6) is 0.261. The summed E-state index contributed by atoms with van der Waals surface area (Å²) in [6.45, 7) is 2.28. The standard InChI is InChI=1S/C19H25NO3S.H2O/c1-14-16(9-6-7-13-24(21,22)23)19-17-10-5-4-8-15(17)11-12-18(19)20(14,2)3;/h4-5,8,10-12,14,16H,6-7,9,13H2,1-3H3;1H2/p+1. The lowest BCUT2D eigenvalue weighted by Gasteiger charge is -2.31. The molecule has 2 atom stereocenters. The molecular formula is C19H28NO4S+. The first-order valence-corrected chi connectivity index (χ1v) is 10.1. The smallest absolute Gasteiger partial charge is 0.264 e. The summed E-state index contributed by atoms with van der Waals surface area (Å²) >= 11 is 0. The lowest BCUT2D eigenvalue weighted by molar-refractivity contribution is 0.295. The number of hydrogen-bond donors (Lipinski definition) is 1. The Labute approximate surface area is 149 Å². The summed E-state index contributed by atoms with van der Waals surface area (Å²) in [5, 5.41) is 2.57. The molecule has 2 aromatic rings. The van der Waals surface area contributed by atoms with E-state index in [4.69, 9.17) is 4.55 Å². The molecule has 0 spiro atoms. The Morgan fingerprint density at radius 2 is 1.76 bits per heavy atom. The molecule has 1 heterocycles. The number of nitrogens with zero attached hydrogens (tertiary/aromatic N) is 1. The van der Waals surface area contributed by atoms with Crippen LogP contribution in [0.2, 0.25) is 0 Å². The number of quaternary nitrogens is 1. The van der Waals surface area contributed by atoms with Crippen LogP contribution < -0.4 is 4.48 Å². The van der Waals surface area contributed by atoms with Gasteiger partial charge in [0, 0.05) is 17.5 Å². The Morgan fingerprint density at radius 3 is 2.44 bits per heavy atom. The fraction of sp³-hybridized carbons (Fsp3) is 0.474. The number of fused-ring (bicyclic) bond motifs is 3. The Kier molecular flexibility index (Phi) is 5.59. The van der Waals surface area contributed by atoms with E-state index < -0.39 is 10.1 Å². The van der Waals surface area contributed by atoms with Crippen LogP contribution in [0.4, 0.5) is 5.69 Å². The van der Waals surface area contributed by atoms with Crippen LogP contribution in [0.15, 0.2) is 36.4 Å². The van der Waals surface area contributed by atoms with Crippen LogP contribution in [0, 0.1) is 0 Å². The van der Waals surface area contributed by atoms with Crippen LogP contribution in [-0.4, -0.2) is 44.3 Å². The number of unbranched alkanes of at least 4 members (excludes halogenated alkanes) is 1. The maximum absolute atomic E-state index is 10.9. The van der Waals surface area contributed by atoms with Crippen molar-refractivity contribution in [3.8, 4) is 0 Å². The van der Waals surface area contributed by atoms with Crippen molar-refractivity contribution in [1.82, 2.24) is 4.48 Å². The summed E-state index contributed by atoms with van der Waals surface area (Å²) in [4.78, 5) is 0. The molecule has 0 bridgehead atoms. The van der Waals surface area contributed by atoms with Gasteiger partial charge in [-0.05, 0) is 36.6 Å². The minimum Gasteiger partial charge on any atom is -0.412 e. The zero-order chi connectivity index (χ0) is 17.5. The Morgan fingerprint density at radius 1 is 1.08 bits per heavy atom. The van der Waals surface area contributed by atoms with Gasteiger partial charge in [0.25, 0.3) is 10.1 Å². The average Bonchev–Trinajstić information content (AvgIpc) is 2.71. The van der Waals surface area contributed by atoms with Crippen molar-refractivity contribution in [3.63, 3.8) is 0 Å². The van der Waals surface area contributed by atoms with Crippen molar-refractivity contribution in [2.45, 2.75) is 38.1 Å². The molecule has 0 fully saturated rings. The third-order valence-electron chi connectivity index (χ3n) is 5.71. The summed E-state index contributed by atoms with van der Waals surface area (Å²) in [6, 6.07) is 13.4. The highest BCUT2D eigenvalue weighted by Crippen LogP contribution is 2.49. The van der Waals surface area contributed by atoms with E-state index in [1.807, 2.05) is 0 Å². The van der Waals surface area contributed by atoms with Crippen LogP contribution in [0.25, 0.3) is 10.8 Å². The second kappa shape index (κ2) is 7.03. The predicted octanol–water partition coefficient (Wildman–Crippen LogP) is 3.13. The lowest BCUT2D eigenvalue weighted by Crippen LogP contribution is -2.46. The Hall–Kier alpha value is -1.47. The zero-order valence-corrected chi connectivity index (χ0v) is 15.9. The van der Waals surface area contributed by atoms with Gasteiger partial charge in [-0.25, -0.2) is 0 Å². The maximum atomic E-state index is 10.9. The summed E-state index contributed by atoms with van der Waals surface area (Å²) in [6.07, 6.45) is 2.26. The topological polar surface area (TPSA) is 85.9 Å². The van der Waals surface area contributed by atoms with Gasteiger partial charge in [0.1, 0.15) is 5.69 Å². The number of benzene rings is 2. The van der Waals surface area contributed by atoms with Gasteiger partial charge in [-0.1, -0.05) is 30.7 Å². The second-order valence-corrected chi connectivity index (χ2v) is 8.96. The minimum atomic E-state index is -3.86. The van der Waals surface area contributed by atoms with Crippen molar-refractivity contribution in [3.05, 3.63) is 42.0 Å². The molecule has 3 N–H and O–H groups in total. The maximum Gasteiger partial charge on any atom is 0.264 e. The van der Waals surface area contributed by atoms with Crippen molar-refractivity contribution >= 4 is 26.6 Å². The molecule has 0 aromatic heterocycles. The minimum absolute atomic E-state index is 0. The van der Waals surface area contributed by atoms with Crippen LogP contribution in [-0.2, 0) is 10.1 Å². The SMILES string of the molecule is CC1C(CCCCS(=O)(=O)O)c2c(ccc3ccccc23)[N+]1(C)C.O. The quantitative estimate of drug-likeness (QED) is 0.501. The highest BCUT2D eigenvalue weighted by molar-refractivity contribution is 7.85. The molecule has 5 nitrogen and oxygen atoms in total. The van der Waals surface area contributed by atoms with Gasteiger partial charge in [0.05, 0.1) is 25.9 Å². The molecule has 25 heavy (non-hydrogen) atoms. The van der Waals surface area contributed by atoms with Gasteiger partial charge < -0.3 is 5.48 Å². The van der Waals surface area contributed by atoms with E-state index in [0.717, 1.165) is 17.3 Å². The fourth-order valence-corrected chi connectivity index (χ4v) is 4.69. The molecule has 0 saturated heterocycles. The van der Waals surface area contributed by atoms with Crippen molar-refractivity contribution < 1.29 is 18.4 Å². The van der Waals surface area contributed by atoms with E-state index in [1.165, 1.54) is 22.0 Å². The predicted molar refractivity (Wildman–Crippen MR) is 104 cm³/mol. The normalized spacial score (nSPS) is 21.8. The largest absolute Gasteiger partial charge is 0.412 e. The molecule has 3 rings (SSSR count). The van der Waals surface area contributed by atoms with Gasteiger partial charge in [-0.15, -0.1) is 0 Å². The molecular weight excluding hydrogens is 338 g/mol. The number of hydrogen-bond acceptors (Lipinski definition) is 2. The molecule has 0 amide bonds. The Balaban J connectivity index is 0.00000225. The van der Waals surface area contributed by atoms with Gasteiger partial charge in [-0.2, -0.15) is 8.42 Å². The first-order valence-electron chi connectivity index (χ1n) is 8.53. The molecule has 6 heteroatoms. The van der Waals surface area contributed by atoms with E-state index in [2.05, 4.69) is 57.4 Å². The van der Waals surface area contributed by atoms with E-state index in [-0.39, 0.29) is 11.2 Å². The third kappa shape index (κ3) is 3.72. The summed E-state index contributed by atoms with van der Waals surface area (Å²) in [5.41, 5.74) is 2.78. The van der Waals surface area contributed by atoms with Crippen molar-refractivity contribution in [2.24, 2.45) is 0 Å². The van der Waals surface area contributed by atoms with Crippen LogP contribution in [0.5, 0.6) is 0 Å². The van der Waals surface area contributed by atoms with Gasteiger partial charge in [0.2, 0.25) is 0 Å². The lowest BCUT2D eigenvalue weighted by atomic mass is 9.87. The molecule has 0 radical (unpaired) electrons. The van der Waals surface area contributed by atoms with Gasteiger partial charge in [-0.3, -0.25) is 9.04 Å². The molecule has 1 aliphatic heterocycles. The van der Waals surface area contributed by atoms with E-state index in [1.54, 1.807) is 0 Å². The third-order valence-corrected chi connectivity index (χ3v) is 6.51. The molecule has 2 unspecified atom stereocenters. The molecule has 0 aliphatic carbocycles.